The quantitative estimate of drug-likeness (QED) is 0.113. The van der Waals surface area contributed by atoms with Crippen molar-refractivity contribution in [3.05, 3.63) is 139 Å². The van der Waals surface area contributed by atoms with Crippen LogP contribution in [0.5, 0.6) is 0 Å². The van der Waals surface area contributed by atoms with Crippen molar-refractivity contribution in [3.63, 3.8) is 0 Å². The summed E-state index contributed by atoms with van der Waals surface area (Å²) < 4.78 is 11.3. The summed E-state index contributed by atoms with van der Waals surface area (Å²) in [4.78, 5) is 15.2. The number of allylic oxidation sites excluding steroid dienone is 4. The second-order valence-electron chi connectivity index (χ2n) is 10.7. The Morgan fingerprint density at radius 1 is 0.533 bits per heavy atom. The van der Waals surface area contributed by atoms with Crippen molar-refractivity contribution in [2.45, 2.75) is 12.8 Å². The molecule has 0 saturated carbocycles. The van der Waals surface area contributed by atoms with Gasteiger partial charge in [-0.25, -0.2) is 15.0 Å². The summed E-state index contributed by atoms with van der Waals surface area (Å²) in [5, 5.41) is 2.03. The summed E-state index contributed by atoms with van der Waals surface area (Å²) in [5.41, 5.74) is 8.36. The van der Waals surface area contributed by atoms with E-state index >= 15 is 0 Å². The van der Waals surface area contributed by atoms with Crippen LogP contribution in [0.2, 0.25) is 0 Å². The molecule has 0 fully saturated rings. The van der Waals surface area contributed by atoms with Crippen LogP contribution >= 0.6 is 46.0 Å². The van der Waals surface area contributed by atoms with Crippen LogP contribution in [0.3, 0.4) is 0 Å². The molecule has 7 rings (SSSR count). The molecule has 1 heterocycles. The van der Waals surface area contributed by atoms with Crippen LogP contribution in [-0.4, -0.2) is 22.1 Å². The first-order valence-electron chi connectivity index (χ1n) is 14.7. The number of rotatable bonds is 8. The number of nitrogens with zero attached hydrogens (tertiary/aromatic N) is 3. The minimum absolute atomic E-state index is 0.557. The molecule has 1 aliphatic carbocycles. The first kappa shape index (κ1) is 30.0. The Morgan fingerprint density at radius 3 is 1.73 bits per heavy atom. The fraction of sp³-hybridized carbons (Fsp3) is 0.0541. The highest BCUT2D eigenvalue weighted by Gasteiger charge is 2.25. The van der Waals surface area contributed by atoms with Gasteiger partial charge in [-0.15, -0.1) is 0 Å². The standard InChI is InChI=1S/C37H26BI2N3O2/c39-44-38(45-40)33-16-8-14-29-13-7-15-32(34(29)33)37-42-35(30-21-17-27(18-22-30)25-9-3-1-4-10-25)41-36(43-37)31-23-19-28(20-24-31)26-11-5-2-6-12-26/h1,3-5,7-24H,2,6H2. The van der Waals surface area contributed by atoms with Gasteiger partial charge < -0.3 is 5.97 Å². The van der Waals surface area contributed by atoms with E-state index in [4.69, 9.17) is 20.9 Å². The van der Waals surface area contributed by atoms with E-state index < -0.39 is 7.12 Å². The molecule has 6 aromatic rings. The Balaban J connectivity index is 1.38. The Hall–Kier alpha value is -3.71. The molecule has 0 atom stereocenters. The SMILES string of the molecule is IOB(OI)c1cccc2cccc(-c3nc(-c4ccc(C5=CCCC=C5)cc4)nc(-c4ccc(-c5ccccc5)cc4)n3)c12. The molecule has 0 saturated heterocycles. The van der Waals surface area contributed by atoms with Gasteiger partial charge in [0.25, 0.3) is 0 Å². The van der Waals surface area contributed by atoms with E-state index in [0.717, 1.165) is 56.9 Å². The Bertz CT molecular complexity index is 2020. The van der Waals surface area contributed by atoms with Gasteiger partial charge in [-0.3, -0.25) is 0 Å². The largest absolute Gasteiger partial charge is 0.513 e. The lowest BCUT2D eigenvalue weighted by Crippen LogP contribution is -2.32. The zero-order chi connectivity index (χ0) is 30.6. The van der Waals surface area contributed by atoms with Gasteiger partial charge in [-0.05, 0) is 51.3 Å². The van der Waals surface area contributed by atoms with Crippen LogP contribution in [0.1, 0.15) is 18.4 Å². The highest BCUT2D eigenvalue weighted by Crippen LogP contribution is 2.31. The minimum atomic E-state index is -0.557. The molecular weight excluding hydrogens is 783 g/mol. The molecule has 0 radical (unpaired) electrons. The predicted molar refractivity (Wildman–Crippen MR) is 201 cm³/mol. The van der Waals surface area contributed by atoms with Gasteiger partial charge in [0, 0.05) is 16.7 Å². The summed E-state index contributed by atoms with van der Waals surface area (Å²) in [6.45, 7) is 0. The Morgan fingerprint density at radius 2 is 1.11 bits per heavy atom. The van der Waals surface area contributed by atoms with Gasteiger partial charge in [0.15, 0.2) is 17.5 Å². The molecule has 5 nitrogen and oxygen atoms in total. The van der Waals surface area contributed by atoms with E-state index in [-0.39, 0.29) is 0 Å². The fourth-order valence-electron chi connectivity index (χ4n) is 5.70. The molecule has 8 heteroatoms. The van der Waals surface area contributed by atoms with E-state index in [1.165, 1.54) is 11.1 Å². The molecular formula is C37H26BI2N3O2. The number of hydrogen-bond acceptors (Lipinski definition) is 5. The van der Waals surface area contributed by atoms with Crippen LogP contribution < -0.4 is 5.46 Å². The second-order valence-corrected chi connectivity index (χ2v) is 11.7. The maximum atomic E-state index is 5.66. The minimum Gasteiger partial charge on any atom is -0.341 e. The highest BCUT2D eigenvalue weighted by atomic mass is 127. The number of fused-ring (bicyclic) bond motifs is 1. The Kier molecular flexibility index (Phi) is 9.15. The summed E-state index contributed by atoms with van der Waals surface area (Å²) in [5.74, 6) is 1.81. The maximum Gasteiger partial charge on any atom is 0.513 e. The van der Waals surface area contributed by atoms with Crippen molar-refractivity contribution in [3.8, 4) is 45.3 Å². The predicted octanol–water partition coefficient (Wildman–Crippen LogP) is 9.85. The topological polar surface area (TPSA) is 57.1 Å². The fourth-order valence-corrected chi connectivity index (χ4v) is 6.85. The van der Waals surface area contributed by atoms with Crippen LogP contribution in [0, 0.1) is 0 Å². The highest BCUT2D eigenvalue weighted by molar-refractivity contribution is 14.1. The van der Waals surface area contributed by atoms with E-state index in [0.29, 0.717) is 17.5 Å². The first-order chi connectivity index (χ1) is 22.2. The average Bonchev–Trinajstić information content (AvgIpc) is 3.12. The van der Waals surface area contributed by atoms with Gasteiger partial charge in [0.1, 0.15) is 0 Å². The third-order valence-electron chi connectivity index (χ3n) is 7.95. The van der Waals surface area contributed by atoms with E-state index in [1.54, 1.807) is 0 Å². The van der Waals surface area contributed by atoms with Gasteiger partial charge >= 0.3 is 7.12 Å². The van der Waals surface area contributed by atoms with Crippen molar-refractivity contribution < 1.29 is 5.97 Å². The van der Waals surface area contributed by atoms with E-state index in [1.807, 2.05) is 70.3 Å². The second kappa shape index (κ2) is 13.7. The Labute approximate surface area is 291 Å². The van der Waals surface area contributed by atoms with Crippen LogP contribution in [-0.2, 0) is 5.97 Å². The van der Waals surface area contributed by atoms with Crippen molar-refractivity contribution in [1.29, 1.82) is 0 Å². The molecule has 1 aliphatic rings. The third kappa shape index (κ3) is 6.37. The monoisotopic (exact) mass is 809 g/mol. The van der Waals surface area contributed by atoms with Crippen LogP contribution in [0.15, 0.2) is 133 Å². The number of aromatic nitrogens is 3. The van der Waals surface area contributed by atoms with Gasteiger partial charge in [0.05, 0.1) is 46.0 Å². The molecule has 0 N–H and O–H groups in total. The number of benzene rings is 5. The lowest BCUT2D eigenvalue weighted by Gasteiger charge is -2.15. The van der Waals surface area contributed by atoms with Gasteiger partial charge in [0.2, 0.25) is 0 Å². The van der Waals surface area contributed by atoms with E-state index in [2.05, 4.69) is 109 Å². The van der Waals surface area contributed by atoms with Crippen molar-refractivity contribution in [2.75, 3.05) is 0 Å². The molecule has 45 heavy (non-hydrogen) atoms. The molecule has 0 amide bonds. The molecule has 0 aliphatic heterocycles. The lowest BCUT2D eigenvalue weighted by atomic mass is 9.76. The summed E-state index contributed by atoms with van der Waals surface area (Å²) in [6, 6.07) is 39.5. The molecule has 0 bridgehead atoms. The van der Waals surface area contributed by atoms with E-state index in [9.17, 15) is 0 Å². The normalized spacial score (nSPS) is 12.7. The third-order valence-corrected chi connectivity index (χ3v) is 8.87. The molecule has 218 valence electrons. The van der Waals surface area contributed by atoms with Gasteiger partial charge in [-0.2, -0.15) is 0 Å². The van der Waals surface area contributed by atoms with Crippen LogP contribution in [0.4, 0.5) is 0 Å². The number of hydrogen-bond donors (Lipinski definition) is 0. The van der Waals surface area contributed by atoms with Crippen molar-refractivity contribution in [1.82, 2.24) is 15.0 Å². The van der Waals surface area contributed by atoms with Crippen molar-refractivity contribution in [2.24, 2.45) is 0 Å². The maximum absolute atomic E-state index is 5.66. The van der Waals surface area contributed by atoms with Crippen molar-refractivity contribution >= 4 is 74.9 Å². The summed E-state index contributed by atoms with van der Waals surface area (Å²) >= 11 is 3.77. The van der Waals surface area contributed by atoms with Gasteiger partial charge in [-0.1, -0.05) is 133 Å². The molecule has 0 unspecified atom stereocenters. The smallest absolute Gasteiger partial charge is 0.341 e. The average molecular weight is 809 g/mol. The number of halogens is 2. The summed E-state index contributed by atoms with van der Waals surface area (Å²) in [7, 11) is -0.557. The molecule has 1 aromatic heterocycles. The molecule has 5 aromatic carbocycles. The zero-order valence-electron chi connectivity index (χ0n) is 24.1. The summed E-state index contributed by atoms with van der Waals surface area (Å²) in [6.07, 6.45) is 8.87. The lowest BCUT2D eigenvalue weighted by molar-refractivity contribution is 0.597. The zero-order valence-corrected chi connectivity index (χ0v) is 28.4. The van der Waals surface area contributed by atoms with Crippen LogP contribution in [0.25, 0.3) is 61.6 Å². The molecule has 0 spiro atoms. The first-order valence-corrected chi connectivity index (χ1v) is 16.4.